The molecule has 2 atom stereocenters. The maximum absolute atomic E-state index is 14.3. The Morgan fingerprint density at radius 2 is 1.97 bits per heavy atom. The number of fused-ring (bicyclic) bond motifs is 4. The SMILES string of the molecule is C=C/C=C\C=C\C(=O)CN1C(=O)N(C)C(=O)C(C)(CC2=C3CCCC(=C2)C(F)C3)C1=O. The Bertz CT molecular complexity index is 959. The zero-order chi connectivity index (χ0) is 22.8. The number of carbonyl (C=O) groups excluding carboxylic acids is 4. The smallest absolute Gasteiger partial charge is 0.293 e. The van der Waals surface area contributed by atoms with Gasteiger partial charge in [-0.15, -0.1) is 0 Å². The number of rotatable bonds is 7. The van der Waals surface area contributed by atoms with Crippen LogP contribution in [0.25, 0.3) is 0 Å². The zero-order valence-corrected chi connectivity index (χ0v) is 17.9. The van der Waals surface area contributed by atoms with Gasteiger partial charge in [0.15, 0.2) is 5.78 Å². The molecule has 6 nitrogen and oxygen atoms in total. The summed E-state index contributed by atoms with van der Waals surface area (Å²) in [6.45, 7) is 4.57. The minimum absolute atomic E-state index is 0.0798. The summed E-state index contributed by atoms with van der Waals surface area (Å²) in [4.78, 5) is 52.9. The lowest BCUT2D eigenvalue weighted by atomic mass is 9.76. The molecule has 7 heteroatoms. The van der Waals surface area contributed by atoms with Crippen molar-refractivity contribution < 1.29 is 23.6 Å². The third-order valence-corrected chi connectivity index (χ3v) is 6.10. The van der Waals surface area contributed by atoms with Gasteiger partial charge in [-0.2, -0.15) is 0 Å². The number of barbiturate groups is 1. The summed E-state index contributed by atoms with van der Waals surface area (Å²) in [5.41, 5.74) is 0.888. The normalized spacial score (nSPS) is 26.9. The number of ketones is 1. The Kier molecular flexibility index (Phi) is 6.53. The van der Waals surface area contributed by atoms with Gasteiger partial charge in [-0.3, -0.25) is 24.2 Å². The molecule has 0 aromatic heterocycles. The van der Waals surface area contributed by atoms with Crippen LogP contribution in [0.3, 0.4) is 0 Å². The molecule has 4 rings (SSSR count). The lowest BCUT2D eigenvalue weighted by Gasteiger charge is -2.41. The molecular weight excluding hydrogens is 399 g/mol. The summed E-state index contributed by atoms with van der Waals surface area (Å²) < 4.78 is 14.3. The Hall–Kier alpha value is -3.09. The number of hydrogen-bond donors (Lipinski definition) is 0. The van der Waals surface area contributed by atoms with Crippen LogP contribution in [0, 0.1) is 5.41 Å². The van der Waals surface area contributed by atoms with Crippen molar-refractivity contribution in [1.82, 2.24) is 9.80 Å². The van der Waals surface area contributed by atoms with E-state index in [1.165, 1.54) is 26.1 Å². The molecule has 1 aliphatic heterocycles. The van der Waals surface area contributed by atoms with Crippen LogP contribution >= 0.6 is 0 Å². The molecule has 0 N–H and O–H groups in total. The fourth-order valence-corrected chi connectivity index (χ4v) is 4.37. The number of nitrogens with zero attached hydrogens (tertiary/aromatic N) is 2. The van der Waals surface area contributed by atoms with Crippen molar-refractivity contribution in [2.45, 2.75) is 45.2 Å². The van der Waals surface area contributed by atoms with Crippen molar-refractivity contribution in [3.63, 3.8) is 0 Å². The van der Waals surface area contributed by atoms with Crippen molar-refractivity contribution in [2.75, 3.05) is 13.6 Å². The van der Waals surface area contributed by atoms with Crippen molar-refractivity contribution in [1.29, 1.82) is 0 Å². The summed E-state index contributed by atoms with van der Waals surface area (Å²) in [6.07, 6.45) is 10.9. The standard InChI is InChI=1S/C24H27FN2O4/c1-4-5-6-7-11-19(28)15-27-22(30)24(2,21(29)26(3)23(27)31)14-18-12-17-10-8-9-16(18)13-20(17)25/h4-7,11-12,20H,1,8-10,13-15H2,2-3H3/b6-5-,11-7+. The second-order valence-electron chi connectivity index (χ2n) is 8.37. The second-order valence-corrected chi connectivity index (χ2v) is 8.37. The molecule has 1 heterocycles. The highest BCUT2D eigenvalue weighted by Crippen LogP contribution is 2.43. The van der Waals surface area contributed by atoms with Crippen LogP contribution < -0.4 is 0 Å². The number of carbonyl (C=O) groups is 4. The molecule has 0 aromatic carbocycles. The molecule has 3 aliphatic carbocycles. The maximum Gasteiger partial charge on any atom is 0.333 e. The van der Waals surface area contributed by atoms with Gasteiger partial charge in [0.05, 0.1) is 6.54 Å². The van der Waals surface area contributed by atoms with Gasteiger partial charge < -0.3 is 0 Å². The van der Waals surface area contributed by atoms with E-state index in [4.69, 9.17) is 0 Å². The second kappa shape index (κ2) is 8.96. The van der Waals surface area contributed by atoms with Gasteiger partial charge in [0.1, 0.15) is 11.6 Å². The third kappa shape index (κ3) is 4.36. The van der Waals surface area contributed by atoms with Crippen molar-refractivity contribution in [3.05, 3.63) is 59.8 Å². The van der Waals surface area contributed by atoms with E-state index in [2.05, 4.69) is 6.58 Å². The molecule has 1 saturated heterocycles. The van der Waals surface area contributed by atoms with E-state index in [0.717, 1.165) is 33.8 Å². The molecule has 0 aromatic rings. The highest BCUT2D eigenvalue weighted by molar-refractivity contribution is 6.20. The van der Waals surface area contributed by atoms with Crippen LogP contribution in [0.15, 0.2) is 59.8 Å². The van der Waals surface area contributed by atoms with Crippen LogP contribution in [0.4, 0.5) is 9.18 Å². The first-order valence-electron chi connectivity index (χ1n) is 10.4. The first-order valence-corrected chi connectivity index (χ1v) is 10.4. The monoisotopic (exact) mass is 426 g/mol. The van der Waals surface area contributed by atoms with Crippen molar-refractivity contribution >= 4 is 23.6 Å². The maximum atomic E-state index is 14.3. The Balaban J connectivity index is 1.86. The summed E-state index contributed by atoms with van der Waals surface area (Å²) >= 11 is 0. The summed E-state index contributed by atoms with van der Waals surface area (Å²) in [5, 5.41) is 0. The number of urea groups is 1. The minimum atomic E-state index is -1.54. The first kappa shape index (κ1) is 22.6. The van der Waals surface area contributed by atoms with Gasteiger partial charge in [0.25, 0.3) is 0 Å². The van der Waals surface area contributed by atoms with E-state index in [0.29, 0.717) is 18.4 Å². The fourth-order valence-electron chi connectivity index (χ4n) is 4.37. The molecule has 4 aliphatic rings. The van der Waals surface area contributed by atoms with Gasteiger partial charge >= 0.3 is 6.03 Å². The number of allylic oxidation sites excluding steroid dienone is 8. The number of hydrogen-bond acceptors (Lipinski definition) is 4. The van der Waals surface area contributed by atoms with E-state index in [1.54, 1.807) is 24.3 Å². The van der Waals surface area contributed by atoms with Gasteiger partial charge in [0, 0.05) is 13.5 Å². The van der Waals surface area contributed by atoms with Crippen LogP contribution in [-0.4, -0.2) is 53.2 Å². The molecule has 0 radical (unpaired) electrons. The van der Waals surface area contributed by atoms with Gasteiger partial charge in [-0.1, -0.05) is 42.5 Å². The van der Waals surface area contributed by atoms with E-state index < -0.39 is 41.8 Å². The third-order valence-electron chi connectivity index (χ3n) is 6.10. The molecule has 4 amide bonds. The molecular formula is C24H27FN2O4. The highest BCUT2D eigenvalue weighted by Gasteiger charge is 2.54. The fraction of sp³-hybridized carbons (Fsp3) is 0.417. The molecule has 0 spiro atoms. The highest BCUT2D eigenvalue weighted by atomic mass is 19.1. The molecule has 164 valence electrons. The molecule has 2 bridgehead atoms. The van der Waals surface area contributed by atoms with Gasteiger partial charge in [-0.25, -0.2) is 9.18 Å². The molecule has 2 fully saturated rings. The lowest BCUT2D eigenvalue weighted by molar-refractivity contribution is -0.157. The molecule has 31 heavy (non-hydrogen) atoms. The number of imide groups is 2. The predicted molar refractivity (Wildman–Crippen MR) is 115 cm³/mol. The number of alkyl halides is 1. The average Bonchev–Trinajstić information content (AvgIpc) is 3.04. The largest absolute Gasteiger partial charge is 0.333 e. The minimum Gasteiger partial charge on any atom is -0.293 e. The van der Waals surface area contributed by atoms with E-state index in [-0.39, 0.29) is 6.42 Å². The number of halogens is 1. The first-order chi connectivity index (χ1) is 14.7. The molecule has 2 unspecified atom stereocenters. The topological polar surface area (TPSA) is 74.8 Å². The lowest BCUT2D eigenvalue weighted by Crippen LogP contribution is -2.64. The zero-order valence-electron chi connectivity index (χ0n) is 17.9. The Labute approximate surface area is 181 Å². The Morgan fingerprint density at radius 1 is 1.23 bits per heavy atom. The summed E-state index contributed by atoms with van der Waals surface area (Å²) in [5.74, 6) is -1.76. The van der Waals surface area contributed by atoms with Crippen LogP contribution in [-0.2, 0) is 14.4 Å². The quantitative estimate of drug-likeness (QED) is 0.352. The Morgan fingerprint density at radius 3 is 2.68 bits per heavy atom. The summed E-state index contributed by atoms with van der Waals surface area (Å²) in [7, 11) is 1.31. The van der Waals surface area contributed by atoms with Crippen molar-refractivity contribution in [3.8, 4) is 0 Å². The molecule has 1 saturated carbocycles. The van der Waals surface area contributed by atoms with Crippen LogP contribution in [0.5, 0.6) is 0 Å². The average molecular weight is 426 g/mol. The predicted octanol–water partition coefficient (Wildman–Crippen LogP) is 3.82. The van der Waals surface area contributed by atoms with E-state index in [1.807, 2.05) is 0 Å². The van der Waals surface area contributed by atoms with Gasteiger partial charge in [0.2, 0.25) is 11.8 Å². The van der Waals surface area contributed by atoms with Crippen LogP contribution in [0.2, 0.25) is 0 Å². The van der Waals surface area contributed by atoms with Gasteiger partial charge in [-0.05, 0) is 49.8 Å². The van der Waals surface area contributed by atoms with E-state index in [9.17, 15) is 23.6 Å². The van der Waals surface area contributed by atoms with Crippen molar-refractivity contribution in [2.24, 2.45) is 5.41 Å². The van der Waals surface area contributed by atoms with E-state index >= 15 is 0 Å². The van der Waals surface area contributed by atoms with Crippen LogP contribution in [0.1, 0.15) is 39.0 Å². The number of amides is 4. The summed E-state index contributed by atoms with van der Waals surface area (Å²) in [6, 6.07) is -0.821.